The molecule has 10 rings (SSSR count). The summed E-state index contributed by atoms with van der Waals surface area (Å²) in [6, 6.07) is 45.4. The first-order chi connectivity index (χ1) is 22.7. The van der Waals surface area contributed by atoms with Gasteiger partial charge in [-0.1, -0.05) is 48.5 Å². The fraction of sp³-hybridized carbons (Fsp3) is 0. The van der Waals surface area contributed by atoms with E-state index in [1.807, 2.05) is 54.6 Å². The summed E-state index contributed by atoms with van der Waals surface area (Å²) in [4.78, 5) is 14.5. The van der Waals surface area contributed by atoms with Crippen LogP contribution in [0.4, 0.5) is 0 Å². The van der Waals surface area contributed by atoms with Gasteiger partial charge in [-0.05, 0) is 84.9 Å². The highest BCUT2D eigenvalue weighted by Crippen LogP contribution is 2.39. The van der Waals surface area contributed by atoms with Crippen LogP contribution in [0.25, 0.3) is 93.4 Å². The van der Waals surface area contributed by atoms with Crippen LogP contribution in [0, 0.1) is 0 Å². The van der Waals surface area contributed by atoms with Gasteiger partial charge in [-0.15, -0.1) is 11.3 Å². The van der Waals surface area contributed by atoms with E-state index in [2.05, 4.69) is 83.4 Å². The molecule has 0 radical (unpaired) electrons. The molecule has 6 nitrogen and oxygen atoms in total. The van der Waals surface area contributed by atoms with Crippen LogP contribution in [-0.4, -0.2) is 19.5 Å². The van der Waals surface area contributed by atoms with Crippen molar-refractivity contribution in [1.29, 1.82) is 0 Å². The Kier molecular flexibility index (Phi) is 5.35. The van der Waals surface area contributed by atoms with Gasteiger partial charge < -0.3 is 13.4 Å². The number of hydrogen-bond acceptors (Lipinski definition) is 6. The zero-order chi connectivity index (χ0) is 30.2. The number of benzene rings is 6. The molecular weight excluding hydrogens is 589 g/mol. The maximum absolute atomic E-state index is 6.17. The Bertz CT molecular complexity index is 2550. The molecule has 0 spiro atoms. The van der Waals surface area contributed by atoms with Crippen molar-refractivity contribution < 1.29 is 8.83 Å². The van der Waals surface area contributed by atoms with Crippen LogP contribution in [0.2, 0.25) is 0 Å². The molecule has 0 N–H and O–H groups in total. The lowest BCUT2D eigenvalue weighted by molar-refractivity contribution is 0.619. The summed E-state index contributed by atoms with van der Waals surface area (Å²) in [5, 5.41) is 3.16. The summed E-state index contributed by atoms with van der Waals surface area (Å²) < 4.78 is 15.8. The first kappa shape index (κ1) is 25.3. The van der Waals surface area contributed by atoms with E-state index in [-0.39, 0.29) is 0 Å². The molecule has 0 aliphatic rings. The predicted molar refractivity (Wildman–Crippen MR) is 185 cm³/mol. The first-order valence-corrected chi connectivity index (χ1v) is 15.8. The van der Waals surface area contributed by atoms with E-state index in [4.69, 9.17) is 23.8 Å². The molecule has 0 unspecified atom stereocenters. The Balaban J connectivity index is 1.19. The Hall–Kier alpha value is -6.05. The van der Waals surface area contributed by atoms with E-state index in [0.29, 0.717) is 11.8 Å². The highest BCUT2D eigenvalue weighted by Gasteiger charge is 2.18. The summed E-state index contributed by atoms with van der Waals surface area (Å²) in [6.07, 6.45) is 0. The Morgan fingerprint density at radius 2 is 1.07 bits per heavy atom. The van der Waals surface area contributed by atoms with Crippen molar-refractivity contribution in [3.05, 3.63) is 133 Å². The van der Waals surface area contributed by atoms with Crippen LogP contribution in [0.5, 0.6) is 0 Å². The molecule has 0 saturated carbocycles. The highest BCUT2D eigenvalue weighted by molar-refractivity contribution is 7.21. The molecule has 0 bridgehead atoms. The molecule has 6 aromatic carbocycles. The van der Waals surface area contributed by atoms with Gasteiger partial charge >= 0.3 is 0 Å². The highest BCUT2D eigenvalue weighted by atomic mass is 32.1. The summed E-state index contributed by atoms with van der Waals surface area (Å²) in [5.41, 5.74) is 10.3. The van der Waals surface area contributed by atoms with Crippen molar-refractivity contribution in [1.82, 2.24) is 19.5 Å². The molecule has 0 amide bonds. The van der Waals surface area contributed by atoms with Crippen molar-refractivity contribution in [3.63, 3.8) is 0 Å². The van der Waals surface area contributed by atoms with E-state index >= 15 is 0 Å². The number of hydrogen-bond donors (Lipinski definition) is 0. The number of para-hydroxylation sites is 5. The molecule has 4 heterocycles. The van der Waals surface area contributed by atoms with Crippen molar-refractivity contribution in [3.8, 4) is 39.2 Å². The van der Waals surface area contributed by atoms with Crippen LogP contribution in [0.3, 0.4) is 0 Å². The third-order valence-electron chi connectivity index (χ3n) is 8.49. The van der Waals surface area contributed by atoms with E-state index < -0.39 is 0 Å². The van der Waals surface area contributed by atoms with Gasteiger partial charge in [0.1, 0.15) is 16.0 Å². The van der Waals surface area contributed by atoms with E-state index in [0.717, 1.165) is 76.9 Å². The average molecular weight is 611 g/mol. The number of oxazole rings is 2. The fourth-order valence-electron chi connectivity index (χ4n) is 6.33. The molecule has 0 saturated heterocycles. The molecule has 216 valence electrons. The first-order valence-electron chi connectivity index (χ1n) is 15.0. The van der Waals surface area contributed by atoms with Crippen molar-refractivity contribution in [2.24, 2.45) is 0 Å². The van der Waals surface area contributed by atoms with E-state index in [9.17, 15) is 0 Å². The smallest absolute Gasteiger partial charge is 0.227 e. The van der Waals surface area contributed by atoms with Crippen LogP contribution >= 0.6 is 11.3 Å². The maximum atomic E-state index is 6.17. The van der Waals surface area contributed by atoms with E-state index in [1.165, 1.54) is 4.70 Å². The summed E-state index contributed by atoms with van der Waals surface area (Å²) in [6.45, 7) is 0. The number of rotatable bonds is 4. The van der Waals surface area contributed by atoms with E-state index in [1.54, 1.807) is 11.3 Å². The number of aromatic nitrogens is 4. The molecule has 0 atom stereocenters. The molecule has 10 aromatic rings. The lowest BCUT2D eigenvalue weighted by Gasteiger charge is -2.09. The molecule has 4 aromatic heterocycles. The minimum atomic E-state index is 0.594. The summed E-state index contributed by atoms with van der Waals surface area (Å²) >= 11 is 1.71. The lowest BCUT2D eigenvalue weighted by Crippen LogP contribution is -1.94. The molecule has 46 heavy (non-hydrogen) atoms. The number of fused-ring (bicyclic) bond motifs is 6. The van der Waals surface area contributed by atoms with Gasteiger partial charge in [0, 0.05) is 33.2 Å². The Morgan fingerprint density at radius 3 is 1.67 bits per heavy atom. The second-order valence-corrected chi connectivity index (χ2v) is 12.3. The van der Waals surface area contributed by atoms with Crippen molar-refractivity contribution in [2.45, 2.75) is 0 Å². The number of nitrogens with zero attached hydrogens (tertiary/aromatic N) is 4. The zero-order valence-corrected chi connectivity index (χ0v) is 25.0. The van der Waals surface area contributed by atoms with Gasteiger partial charge in [0.25, 0.3) is 0 Å². The standard InChI is InChI=1S/C39H22N4O2S/c1-4-13-34-29(10-1)40-37(44-34)23-16-18-32-27(21-23)28-22-24(38-41-30-11-2-5-14-35(30)45-38)17-19-33(28)43(32)26-9-7-8-25(20-26)39-42-31-12-3-6-15-36(31)46-39/h1-22H. The van der Waals surface area contributed by atoms with Gasteiger partial charge in [-0.25, -0.2) is 15.0 Å². The second kappa shape index (κ2) is 9.72. The topological polar surface area (TPSA) is 69.9 Å². The predicted octanol–water partition coefficient (Wildman–Crippen LogP) is 10.7. The van der Waals surface area contributed by atoms with Gasteiger partial charge in [-0.3, -0.25) is 0 Å². The normalized spacial score (nSPS) is 11.9. The van der Waals surface area contributed by atoms with Crippen LogP contribution < -0.4 is 0 Å². The summed E-state index contributed by atoms with van der Waals surface area (Å²) in [5.74, 6) is 1.19. The monoisotopic (exact) mass is 610 g/mol. The van der Waals surface area contributed by atoms with Gasteiger partial charge in [0.05, 0.1) is 21.3 Å². The third kappa shape index (κ3) is 3.92. The quantitative estimate of drug-likeness (QED) is 0.198. The van der Waals surface area contributed by atoms with Crippen molar-refractivity contribution >= 4 is 65.6 Å². The van der Waals surface area contributed by atoms with Gasteiger partial charge in [0.2, 0.25) is 11.8 Å². The minimum absolute atomic E-state index is 0.594. The lowest BCUT2D eigenvalue weighted by atomic mass is 10.1. The molecule has 0 aliphatic carbocycles. The largest absolute Gasteiger partial charge is 0.436 e. The molecule has 7 heteroatoms. The zero-order valence-electron chi connectivity index (χ0n) is 24.2. The van der Waals surface area contributed by atoms with Crippen LogP contribution in [0.15, 0.2) is 142 Å². The Labute approximate surface area is 265 Å². The summed E-state index contributed by atoms with van der Waals surface area (Å²) in [7, 11) is 0. The van der Waals surface area contributed by atoms with Gasteiger partial charge in [-0.2, -0.15) is 0 Å². The average Bonchev–Trinajstić information content (AvgIpc) is 3.90. The minimum Gasteiger partial charge on any atom is -0.436 e. The third-order valence-corrected chi connectivity index (χ3v) is 9.58. The molecular formula is C39H22N4O2S. The van der Waals surface area contributed by atoms with Crippen molar-refractivity contribution in [2.75, 3.05) is 0 Å². The molecule has 0 aliphatic heterocycles. The van der Waals surface area contributed by atoms with Crippen LogP contribution in [-0.2, 0) is 0 Å². The number of thiazole rings is 1. The SMILES string of the molecule is c1cc(-c2nc3ccccc3s2)cc(-n2c3ccc(-c4nc5ccccc5o4)cc3c3cc(-c4nc5ccccc5o4)ccc32)c1. The Morgan fingerprint density at radius 1 is 0.478 bits per heavy atom. The maximum Gasteiger partial charge on any atom is 0.227 e. The second-order valence-electron chi connectivity index (χ2n) is 11.3. The molecule has 0 fully saturated rings. The van der Waals surface area contributed by atoms with Gasteiger partial charge in [0.15, 0.2) is 11.2 Å². The fourth-order valence-corrected chi connectivity index (χ4v) is 7.29. The van der Waals surface area contributed by atoms with Crippen LogP contribution in [0.1, 0.15) is 0 Å².